The number of hydrogen-bond donors (Lipinski definition) is 2. The monoisotopic (exact) mass is 477 g/mol. The molecule has 1 amide bonds. The molecule has 0 atom stereocenters. The highest BCUT2D eigenvalue weighted by Gasteiger charge is 2.25. The number of pyridine rings is 3. The molecule has 0 unspecified atom stereocenters. The number of amides is 1. The number of nitrogens with two attached hydrogens (primary N) is 1. The maximum Gasteiger partial charge on any atom is 0.329 e. The van der Waals surface area contributed by atoms with Gasteiger partial charge in [0.05, 0.1) is 33.7 Å². The van der Waals surface area contributed by atoms with Crippen molar-refractivity contribution in [3.63, 3.8) is 0 Å². The largest absolute Gasteiger partial charge is 0.369 e. The van der Waals surface area contributed by atoms with Crippen LogP contribution in [0.25, 0.3) is 33.2 Å². The summed E-state index contributed by atoms with van der Waals surface area (Å²) in [7, 11) is 0. The summed E-state index contributed by atoms with van der Waals surface area (Å²) in [4.78, 5) is 55.1. The van der Waals surface area contributed by atoms with E-state index >= 15 is 0 Å². The lowest BCUT2D eigenvalue weighted by atomic mass is 10.0. The molecule has 1 aliphatic heterocycles. The predicted molar refractivity (Wildman–Crippen MR) is 131 cm³/mol. The topological polar surface area (TPSA) is 140 Å². The van der Waals surface area contributed by atoms with Crippen LogP contribution in [0.15, 0.2) is 51.3 Å². The Kier molecular flexibility index (Phi) is 5.88. The van der Waals surface area contributed by atoms with Crippen LogP contribution < -0.4 is 17.0 Å². The molecule has 0 saturated carbocycles. The van der Waals surface area contributed by atoms with Crippen LogP contribution in [-0.4, -0.2) is 61.2 Å². The van der Waals surface area contributed by atoms with Crippen LogP contribution in [0.3, 0.4) is 0 Å². The first kappa shape index (κ1) is 22.2. The van der Waals surface area contributed by atoms with Crippen molar-refractivity contribution in [2.45, 2.75) is 23.9 Å². The maximum absolute atomic E-state index is 13.0. The number of H-pyrrole nitrogens is 1. The molecule has 0 aliphatic carbocycles. The number of carbonyl (C=O) groups excluding carboxylic acids is 1. The minimum atomic E-state index is -0.491. The zero-order chi connectivity index (χ0) is 23.8. The number of likely N-dealkylation sites (tertiary alicyclic amines) is 1. The number of carbonyl (C=O) groups is 1. The van der Waals surface area contributed by atoms with Gasteiger partial charge in [0.2, 0.25) is 5.91 Å². The smallest absolute Gasteiger partial charge is 0.329 e. The average Bonchev–Trinajstić information content (AvgIpc) is 2.84. The second kappa shape index (κ2) is 8.99. The zero-order valence-corrected chi connectivity index (χ0v) is 19.3. The maximum atomic E-state index is 13.0. The Morgan fingerprint density at radius 3 is 2.62 bits per heavy atom. The zero-order valence-electron chi connectivity index (χ0n) is 18.5. The first-order chi connectivity index (χ1) is 16.4. The van der Waals surface area contributed by atoms with E-state index in [9.17, 15) is 14.4 Å². The van der Waals surface area contributed by atoms with Crippen molar-refractivity contribution >= 4 is 39.6 Å². The van der Waals surface area contributed by atoms with E-state index in [1.165, 1.54) is 6.20 Å². The Hall–Kier alpha value is -3.57. The normalized spacial score (nSPS) is 15.2. The molecule has 5 heterocycles. The second-order valence-corrected chi connectivity index (χ2v) is 9.10. The average molecular weight is 478 g/mol. The van der Waals surface area contributed by atoms with Gasteiger partial charge in [-0.05, 0) is 43.4 Å². The van der Waals surface area contributed by atoms with Crippen molar-refractivity contribution in [2.75, 3.05) is 25.9 Å². The van der Waals surface area contributed by atoms with Crippen molar-refractivity contribution in [2.24, 2.45) is 5.73 Å². The molecule has 1 fully saturated rings. The Labute approximate surface area is 198 Å². The lowest BCUT2D eigenvalue weighted by Crippen LogP contribution is -2.42. The molecule has 0 radical (unpaired) electrons. The second-order valence-electron chi connectivity index (χ2n) is 8.28. The van der Waals surface area contributed by atoms with Gasteiger partial charge >= 0.3 is 5.69 Å². The van der Waals surface area contributed by atoms with E-state index in [1.54, 1.807) is 22.5 Å². The number of thioether (sulfide) groups is 1. The minimum Gasteiger partial charge on any atom is -0.369 e. The number of primary amides is 1. The Balaban J connectivity index is 1.66. The minimum absolute atomic E-state index is 0.158. The third-order valence-corrected chi connectivity index (χ3v) is 6.81. The van der Waals surface area contributed by atoms with E-state index in [0.29, 0.717) is 53.6 Å². The number of aromatic amines is 1. The van der Waals surface area contributed by atoms with Gasteiger partial charge in [-0.1, -0.05) is 0 Å². The summed E-state index contributed by atoms with van der Waals surface area (Å²) in [6.07, 6.45) is 6.48. The standard InChI is InChI=1S/C23H23N7O3S/c1-34-19-5-2-13(10-26-19)16-3-4-17-20(27-16)21-15(11-25-17)22(32)28-23(33)30(21)14-6-8-29(9-7-14)12-18(24)31/h2-5,10-11,14H,6-9,12H2,1H3,(H2,24,31)(H,28,32,33). The van der Waals surface area contributed by atoms with E-state index in [2.05, 4.69) is 15.0 Å². The van der Waals surface area contributed by atoms with Crippen LogP contribution in [0.5, 0.6) is 0 Å². The summed E-state index contributed by atoms with van der Waals surface area (Å²) >= 11 is 1.55. The van der Waals surface area contributed by atoms with Crippen LogP contribution in [-0.2, 0) is 4.79 Å². The summed E-state index contributed by atoms with van der Waals surface area (Å²) in [5.41, 5.74) is 7.43. The summed E-state index contributed by atoms with van der Waals surface area (Å²) in [6, 6.07) is 7.41. The molecule has 10 nitrogen and oxygen atoms in total. The number of nitrogens with one attached hydrogen (secondary N) is 1. The van der Waals surface area contributed by atoms with Gasteiger partial charge in [-0.25, -0.2) is 14.8 Å². The lowest BCUT2D eigenvalue weighted by molar-refractivity contribution is -0.119. The van der Waals surface area contributed by atoms with Gasteiger partial charge in [0.15, 0.2) is 0 Å². The molecule has 0 aromatic carbocycles. The number of fused-ring (bicyclic) bond motifs is 3. The Morgan fingerprint density at radius 1 is 1.15 bits per heavy atom. The molecule has 11 heteroatoms. The van der Waals surface area contributed by atoms with Crippen molar-refractivity contribution in [1.82, 2.24) is 29.4 Å². The Bertz CT molecular complexity index is 1510. The third kappa shape index (κ3) is 4.08. The molecule has 1 aliphatic rings. The molecule has 5 rings (SSSR count). The summed E-state index contributed by atoms with van der Waals surface area (Å²) < 4.78 is 1.63. The number of rotatable bonds is 5. The van der Waals surface area contributed by atoms with Crippen molar-refractivity contribution in [1.29, 1.82) is 0 Å². The quantitative estimate of drug-likeness (QED) is 0.326. The van der Waals surface area contributed by atoms with Crippen LogP contribution >= 0.6 is 11.8 Å². The number of hydrogen-bond acceptors (Lipinski definition) is 8. The molecular formula is C23H23N7O3S. The van der Waals surface area contributed by atoms with Crippen LogP contribution in [0.1, 0.15) is 18.9 Å². The fourth-order valence-electron chi connectivity index (χ4n) is 4.51. The molecule has 4 aromatic rings. The van der Waals surface area contributed by atoms with Gasteiger partial charge < -0.3 is 5.73 Å². The van der Waals surface area contributed by atoms with E-state index in [1.807, 2.05) is 35.4 Å². The highest BCUT2D eigenvalue weighted by Crippen LogP contribution is 2.29. The SMILES string of the molecule is CSc1ccc(-c2ccc3ncc4c(=O)[nH]c(=O)n(C5CCN(CC(N)=O)CC5)c4c3n2)cn1. The van der Waals surface area contributed by atoms with Crippen LogP contribution in [0.4, 0.5) is 0 Å². The van der Waals surface area contributed by atoms with Crippen LogP contribution in [0, 0.1) is 0 Å². The molecule has 0 spiro atoms. The number of aromatic nitrogens is 5. The molecular weight excluding hydrogens is 454 g/mol. The molecule has 174 valence electrons. The molecule has 0 bridgehead atoms. The van der Waals surface area contributed by atoms with E-state index in [4.69, 9.17) is 10.7 Å². The predicted octanol–water partition coefficient (Wildman–Crippen LogP) is 1.54. The highest BCUT2D eigenvalue weighted by molar-refractivity contribution is 7.98. The van der Waals surface area contributed by atoms with E-state index in [-0.39, 0.29) is 18.5 Å². The van der Waals surface area contributed by atoms with Crippen molar-refractivity contribution < 1.29 is 4.79 Å². The summed E-state index contributed by atoms with van der Waals surface area (Å²) in [5, 5.41) is 1.21. The molecule has 34 heavy (non-hydrogen) atoms. The third-order valence-electron chi connectivity index (χ3n) is 6.15. The molecule has 4 aromatic heterocycles. The molecule has 3 N–H and O–H groups in total. The highest BCUT2D eigenvalue weighted by atomic mass is 32.2. The van der Waals surface area contributed by atoms with Gasteiger partial charge in [-0.2, -0.15) is 0 Å². The fraction of sp³-hybridized carbons (Fsp3) is 0.304. The van der Waals surface area contributed by atoms with Crippen LogP contribution in [0.2, 0.25) is 0 Å². The van der Waals surface area contributed by atoms with Gasteiger partial charge in [0, 0.05) is 37.1 Å². The van der Waals surface area contributed by atoms with Crippen molar-refractivity contribution in [3.8, 4) is 11.3 Å². The number of nitrogens with zero attached hydrogens (tertiary/aromatic N) is 5. The summed E-state index contributed by atoms with van der Waals surface area (Å²) in [5.74, 6) is -0.376. The fourth-order valence-corrected chi connectivity index (χ4v) is 4.87. The van der Waals surface area contributed by atoms with Gasteiger partial charge in [0.1, 0.15) is 5.52 Å². The van der Waals surface area contributed by atoms with E-state index < -0.39 is 11.2 Å². The first-order valence-electron chi connectivity index (χ1n) is 10.9. The molecule has 1 saturated heterocycles. The number of piperidine rings is 1. The van der Waals surface area contributed by atoms with Gasteiger partial charge in [-0.3, -0.25) is 29.0 Å². The van der Waals surface area contributed by atoms with E-state index in [0.717, 1.165) is 10.6 Å². The lowest BCUT2D eigenvalue weighted by Gasteiger charge is -2.32. The Morgan fingerprint density at radius 2 is 1.94 bits per heavy atom. The summed E-state index contributed by atoms with van der Waals surface area (Å²) in [6.45, 7) is 1.43. The van der Waals surface area contributed by atoms with Crippen molar-refractivity contribution in [3.05, 3.63) is 57.5 Å². The van der Waals surface area contributed by atoms with Gasteiger partial charge in [0.25, 0.3) is 5.56 Å². The first-order valence-corrected chi connectivity index (χ1v) is 12.1. The van der Waals surface area contributed by atoms with Gasteiger partial charge in [-0.15, -0.1) is 11.8 Å².